The number of halogens is 4. The van der Waals surface area contributed by atoms with Crippen LogP contribution in [0.15, 0.2) is 21.6 Å². The molecule has 2 atom stereocenters. The van der Waals surface area contributed by atoms with Gasteiger partial charge in [0.1, 0.15) is 6.04 Å². The van der Waals surface area contributed by atoms with Crippen LogP contribution in [0.2, 0.25) is 0 Å². The predicted octanol–water partition coefficient (Wildman–Crippen LogP) is 1.94. The third kappa shape index (κ3) is 3.56. The number of ether oxygens (including phenoxy) is 1. The Kier molecular flexibility index (Phi) is 4.97. The van der Waals surface area contributed by atoms with Crippen LogP contribution in [0.5, 0.6) is 0 Å². The minimum atomic E-state index is -4.57. The van der Waals surface area contributed by atoms with Gasteiger partial charge in [0, 0.05) is 19.2 Å². The first-order valence-electron chi connectivity index (χ1n) is 9.15. The fraction of sp³-hybridized carbons (Fsp3) is 0.588. The van der Waals surface area contributed by atoms with Crippen molar-refractivity contribution in [3.05, 3.63) is 34.2 Å². The summed E-state index contributed by atoms with van der Waals surface area (Å²) in [4.78, 5) is 19.3. The highest BCUT2D eigenvalue weighted by Gasteiger charge is 2.47. The molecule has 2 unspecified atom stereocenters. The molecule has 2 aromatic heterocycles. The zero-order valence-corrected chi connectivity index (χ0v) is 15.5. The molecule has 2 aliphatic heterocycles. The number of fused-ring (bicyclic) bond motifs is 1. The maximum absolute atomic E-state index is 14.8. The molecule has 29 heavy (non-hydrogen) atoms. The molecule has 0 aliphatic carbocycles. The minimum Gasteiger partial charge on any atom is -0.377 e. The zero-order chi connectivity index (χ0) is 20.8. The van der Waals surface area contributed by atoms with Crippen LogP contribution >= 0.6 is 0 Å². The van der Waals surface area contributed by atoms with E-state index in [-0.39, 0.29) is 43.2 Å². The van der Waals surface area contributed by atoms with Crippen molar-refractivity contribution in [1.82, 2.24) is 14.7 Å². The topological polar surface area (TPSA) is 76.6 Å². The van der Waals surface area contributed by atoms with Crippen LogP contribution in [0.25, 0.3) is 0 Å². The number of alkyl halides is 3. The molecular formula is C17H19F4N5O3. The third-order valence-corrected chi connectivity index (χ3v) is 5.17. The molecule has 4 heterocycles. The summed E-state index contributed by atoms with van der Waals surface area (Å²) in [6.07, 6.45) is -3.66. The van der Waals surface area contributed by atoms with Gasteiger partial charge in [0.2, 0.25) is 11.8 Å². The normalized spacial score (nSPS) is 22.7. The molecule has 4 rings (SSSR count). The van der Waals surface area contributed by atoms with Crippen LogP contribution in [0, 0.1) is 5.82 Å². The molecule has 0 bridgehead atoms. The smallest absolute Gasteiger partial charge is 0.377 e. The predicted molar refractivity (Wildman–Crippen MR) is 93.2 cm³/mol. The molecule has 0 amide bonds. The van der Waals surface area contributed by atoms with E-state index >= 15 is 0 Å². The number of hydrogen-bond donors (Lipinski definition) is 0. The fourth-order valence-corrected chi connectivity index (χ4v) is 3.72. The van der Waals surface area contributed by atoms with Gasteiger partial charge in [0.15, 0.2) is 11.6 Å². The van der Waals surface area contributed by atoms with Crippen molar-refractivity contribution in [2.24, 2.45) is 0 Å². The van der Waals surface area contributed by atoms with Gasteiger partial charge in [-0.05, 0) is 13.3 Å². The van der Waals surface area contributed by atoms with E-state index in [0.29, 0.717) is 13.2 Å². The fourth-order valence-electron chi connectivity index (χ4n) is 3.72. The van der Waals surface area contributed by atoms with Crippen LogP contribution in [-0.4, -0.2) is 52.7 Å². The molecule has 0 saturated carbocycles. The van der Waals surface area contributed by atoms with E-state index < -0.39 is 30.0 Å². The monoisotopic (exact) mass is 417 g/mol. The van der Waals surface area contributed by atoms with Gasteiger partial charge in [-0.15, -0.1) is 0 Å². The minimum absolute atomic E-state index is 0.174. The maximum atomic E-state index is 14.8. The Bertz CT molecular complexity index is 930. The summed E-state index contributed by atoms with van der Waals surface area (Å²) in [6.45, 7) is 2.05. The maximum Gasteiger partial charge on any atom is 0.408 e. The van der Waals surface area contributed by atoms with Crippen LogP contribution < -0.4 is 15.4 Å². The Balaban J connectivity index is 1.83. The number of hydrogen-bond acceptors (Lipinski definition) is 7. The van der Waals surface area contributed by atoms with Crippen molar-refractivity contribution in [1.29, 1.82) is 0 Å². The van der Waals surface area contributed by atoms with Crippen LogP contribution in [-0.2, 0) is 17.8 Å². The first kappa shape index (κ1) is 19.7. The third-order valence-electron chi connectivity index (χ3n) is 5.17. The van der Waals surface area contributed by atoms with Crippen LogP contribution in [0.1, 0.15) is 19.1 Å². The molecule has 2 aliphatic rings. The second kappa shape index (κ2) is 7.32. The number of aromatic nitrogens is 3. The lowest BCUT2D eigenvalue weighted by Gasteiger charge is -2.40. The highest BCUT2D eigenvalue weighted by atomic mass is 19.4. The Morgan fingerprint density at radius 1 is 1.31 bits per heavy atom. The first-order chi connectivity index (χ1) is 13.8. The summed E-state index contributed by atoms with van der Waals surface area (Å²) >= 11 is 0. The average Bonchev–Trinajstić information content (AvgIpc) is 3.18. The Morgan fingerprint density at radius 2 is 2.10 bits per heavy atom. The largest absolute Gasteiger partial charge is 0.408 e. The van der Waals surface area contributed by atoms with E-state index in [2.05, 4.69) is 10.1 Å². The molecule has 158 valence electrons. The lowest BCUT2D eigenvalue weighted by molar-refractivity contribution is -0.153. The quantitative estimate of drug-likeness (QED) is 0.707. The van der Waals surface area contributed by atoms with Crippen molar-refractivity contribution in [2.75, 3.05) is 29.6 Å². The molecule has 0 aromatic carbocycles. The molecule has 12 heteroatoms. The molecule has 0 radical (unpaired) electrons. The molecule has 0 N–H and O–H groups in total. The molecule has 1 fully saturated rings. The summed E-state index contributed by atoms with van der Waals surface area (Å²) in [5.74, 6) is -1.40. The van der Waals surface area contributed by atoms with E-state index in [1.807, 2.05) is 0 Å². The highest BCUT2D eigenvalue weighted by Crippen LogP contribution is 2.36. The van der Waals surface area contributed by atoms with Crippen molar-refractivity contribution in [3.8, 4) is 0 Å². The average molecular weight is 417 g/mol. The van der Waals surface area contributed by atoms with Gasteiger partial charge < -0.3 is 19.1 Å². The SMILES string of the molecule is CC1COCCN1c1nc2n(c(=O)c1F)CCC(C(F)(F)F)N2Cc1ccno1. The van der Waals surface area contributed by atoms with E-state index in [0.717, 1.165) is 9.47 Å². The summed E-state index contributed by atoms with van der Waals surface area (Å²) < 4.78 is 67.2. The standard InChI is InChI=1S/C17H19F4N5O3/c1-10-9-28-7-6-24(10)14-13(18)15(27)25-5-3-12(17(19,20)21)26(16(25)23-14)8-11-2-4-22-29-11/h2,4,10,12H,3,5-9H2,1H3. The Hall–Kier alpha value is -2.63. The van der Waals surface area contributed by atoms with Crippen molar-refractivity contribution in [3.63, 3.8) is 0 Å². The number of morpholine rings is 1. The zero-order valence-electron chi connectivity index (χ0n) is 15.5. The van der Waals surface area contributed by atoms with E-state index in [4.69, 9.17) is 9.26 Å². The second-order valence-corrected chi connectivity index (χ2v) is 7.08. The summed E-state index contributed by atoms with van der Waals surface area (Å²) in [7, 11) is 0. The number of anilines is 2. The van der Waals surface area contributed by atoms with Crippen molar-refractivity contribution >= 4 is 11.8 Å². The summed E-state index contributed by atoms with van der Waals surface area (Å²) in [6, 6.07) is -0.739. The van der Waals surface area contributed by atoms with Gasteiger partial charge in [-0.1, -0.05) is 5.16 Å². The van der Waals surface area contributed by atoms with Crippen LogP contribution in [0.4, 0.5) is 29.3 Å². The lowest BCUT2D eigenvalue weighted by atomic mass is 10.1. The molecular weight excluding hydrogens is 398 g/mol. The van der Waals surface area contributed by atoms with E-state index in [1.54, 1.807) is 11.8 Å². The van der Waals surface area contributed by atoms with E-state index in [9.17, 15) is 22.4 Å². The highest BCUT2D eigenvalue weighted by molar-refractivity contribution is 5.48. The molecule has 2 aromatic rings. The Morgan fingerprint density at radius 3 is 2.76 bits per heavy atom. The van der Waals surface area contributed by atoms with Crippen molar-refractivity contribution in [2.45, 2.75) is 44.7 Å². The summed E-state index contributed by atoms with van der Waals surface area (Å²) in [5.41, 5.74) is -0.994. The molecule has 8 nitrogen and oxygen atoms in total. The van der Waals surface area contributed by atoms with Gasteiger partial charge >= 0.3 is 6.18 Å². The lowest BCUT2D eigenvalue weighted by Crippen LogP contribution is -2.53. The Labute approximate surface area is 162 Å². The molecule has 0 spiro atoms. The number of nitrogens with zero attached hydrogens (tertiary/aromatic N) is 5. The summed E-state index contributed by atoms with van der Waals surface area (Å²) in [5, 5.41) is 3.51. The van der Waals surface area contributed by atoms with Gasteiger partial charge in [-0.25, -0.2) is 0 Å². The van der Waals surface area contributed by atoms with Gasteiger partial charge in [0.05, 0.1) is 32.0 Å². The van der Waals surface area contributed by atoms with E-state index in [1.165, 1.54) is 12.3 Å². The number of rotatable bonds is 3. The van der Waals surface area contributed by atoms with Crippen LogP contribution in [0.3, 0.4) is 0 Å². The molecule has 1 saturated heterocycles. The van der Waals surface area contributed by atoms with Gasteiger partial charge in [-0.2, -0.15) is 22.5 Å². The van der Waals surface area contributed by atoms with Gasteiger partial charge in [0.25, 0.3) is 5.56 Å². The van der Waals surface area contributed by atoms with Gasteiger partial charge in [-0.3, -0.25) is 9.36 Å². The first-order valence-corrected chi connectivity index (χ1v) is 9.15. The second-order valence-electron chi connectivity index (χ2n) is 7.08. The van der Waals surface area contributed by atoms with Crippen molar-refractivity contribution < 1.29 is 26.8 Å².